The molecular formula is C19H27NO7S. The zero-order valence-electron chi connectivity index (χ0n) is 16.9. The van der Waals surface area contributed by atoms with Crippen LogP contribution in [0.3, 0.4) is 0 Å². The molecule has 9 heteroatoms. The number of benzene rings is 1. The first-order valence-corrected chi connectivity index (χ1v) is 10.3. The summed E-state index contributed by atoms with van der Waals surface area (Å²) in [5.41, 5.74) is -0.0870. The van der Waals surface area contributed by atoms with Gasteiger partial charge in [-0.2, -0.15) is 4.72 Å². The third kappa shape index (κ3) is 6.72. The summed E-state index contributed by atoms with van der Waals surface area (Å²) in [6, 6.07) is 4.14. The Morgan fingerprint density at radius 2 is 1.61 bits per heavy atom. The minimum atomic E-state index is -4.21. The van der Waals surface area contributed by atoms with Crippen LogP contribution in [0.4, 0.5) is 0 Å². The summed E-state index contributed by atoms with van der Waals surface area (Å²) in [6.07, 6.45) is 0. The Kier molecular flexibility index (Phi) is 7.89. The summed E-state index contributed by atoms with van der Waals surface area (Å²) in [5.74, 6) is -4.45. The van der Waals surface area contributed by atoms with E-state index in [1.165, 1.54) is 19.1 Å². The number of rotatable bonds is 8. The van der Waals surface area contributed by atoms with E-state index < -0.39 is 45.3 Å². The van der Waals surface area contributed by atoms with Gasteiger partial charge in [-0.25, -0.2) is 8.42 Å². The van der Waals surface area contributed by atoms with Gasteiger partial charge in [0.25, 0.3) is 0 Å². The predicted octanol–water partition coefficient (Wildman–Crippen LogP) is 1.75. The zero-order chi connectivity index (χ0) is 21.7. The fourth-order valence-corrected chi connectivity index (χ4v) is 3.54. The summed E-state index contributed by atoms with van der Waals surface area (Å²) >= 11 is 0. The minimum absolute atomic E-state index is 0.0550. The number of ether oxygens (including phenoxy) is 2. The molecular weight excluding hydrogens is 386 g/mol. The van der Waals surface area contributed by atoms with E-state index in [9.17, 15) is 22.8 Å². The van der Waals surface area contributed by atoms with Gasteiger partial charge in [-0.3, -0.25) is 14.4 Å². The summed E-state index contributed by atoms with van der Waals surface area (Å²) in [5, 5.41) is 0. The average Bonchev–Trinajstić information content (AvgIpc) is 2.52. The van der Waals surface area contributed by atoms with Crippen LogP contribution in [0, 0.1) is 12.8 Å². The lowest BCUT2D eigenvalue weighted by Crippen LogP contribution is -2.52. The molecule has 0 aliphatic rings. The van der Waals surface area contributed by atoms with Crippen molar-refractivity contribution < 1.29 is 32.3 Å². The van der Waals surface area contributed by atoms with Crippen LogP contribution < -0.4 is 4.72 Å². The van der Waals surface area contributed by atoms with E-state index in [0.29, 0.717) is 0 Å². The molecule has 28 heavy (non-hydrogen) atoms. The molecule has 0 bridgehead atoms. The second-order valence-corrected chi connectivity index (χ2v) is 9.00. The van der Waals surface area contributed by atoms with Crippen LogP contribution in [0.25, 0.3) is 0 Å². The van der Waals surface area contributed by atoms with Gasteiger partial charge in [-0.15, -0.1) is 0 Å². The van der Waals surface area contributed by atoms with Crippen molar-refractivity contribution >= 4 is 27.7 Å². The molecule has 1 N–H and O–H groups in total. The van der Waals surface area contributed by atoms with Crippen LogP contribution in [-0.2, 0) is 33.9 Å². The fourth-order valence-electron chi connectivity index (χ4n) is 2.34. The van der Waals surface area contributed by atoms with Gasteiger partial charge >= 0.3 is 11.9 Å². The van der Waals surface area contributed by atoms with Crippen molar-refractivity contribution in [3.05, 3.63) is 29.8 Å². The van der Waals surface area contributed by atoms with Gasteiger partial charge < -0.3 is 9.47 Å². The molecule has 0 heterocycles. The van der Waals surface area contributed by atoms with E-state index in [-0.39, 0.29) is 11.5 Å². The van der Waals surface area contributed by atoms with Gasteiger partial charge in [0.1, 0.15) is 23.3 Å². The van der Waals surface area contributed by atoms with Gasteiger partial charge in [0, 0.05) is 0 Å². The van der Waals surface area contributed by atoms with E-state index in [2.05, 4.69) is 4.72 Å². The smallest absolute Gasteiger partial charge is 0.325 e. The molecule has 8 nitrogen and oxygen atoms in total. The highest BCUT2D eigenvalue weighted by molar-refractivity contribution is 7.89. The first kappa shape index (κ1) is 23.8. The Hall–Kier alpha value is -2.26. The molecule has 0 aromatic heterocycles. The van der Waals surface area contributed by atoms with Crippen molar-refractivity contribution in [2.45, 2.75) is 58.1 Å². The Morgan fingerprint density at radius 1 is 1.07 bits per heavy atom. The van der Waals surface area contributed by atoms with E-state index in [0.717, 1.165) is 12.5 Å². The number of aryl methyl sites for hydroxylation is 1. The van der Waals surface area contributed by atoms with E-state index in [1.54, 1.807) is 39.8 Å². The number of hydrogen-bond acceptors (Lipinski definition) is 7. The highest BCUT2D eigenvalue weighted by Crippen LogP contribution is 2.19. The van der Waals surface area contributed by atoms with Crippen molar-refractivity contribution in [2.75, 3.05) is 6.61 Å². The Morgan fingerprint density at radius 3 is 2.04 bits per heavy atom. The lowest BCUT2D eigenvalue weighted by Gasteiger charge is -2.27. The lowest BCUT2D eigenvalue weighted by molar-refractivity contribution is -0.167. The molecule has 0 radical (unpaired) electrons. The largest absolute Gasteiger partial charge is 0.465 e. The van der Waals surface area contributed by atoms with Crippen LogP contribution in [0.5, 0.6) is 0 Å². The first-order chi connectivity index (χ1) is 12.8. The maximum atomic E-state index is 12.7. The lowest BCUT2D eigenvalue weighted by atomic mass is 9.96. The van der Waals surface area contributed by atoms with Crippen LogP contribution in [0.1, 0.15) is 40.2 Å². The quantitative estimate of drug-likeness (QED) is 0.510. The topological polar surface area (TPSA) is 116 Å². The Labute approximate surface area is 165 Å². The summed E-state index contributed by atoms with van der Waals surface area (Å²) in [4.78, 5) is 37.0. The summed E-state index contributed by atoms with van der Waals surface area (Å²) in [7, 11) is -4.21. The van der Waals surface area contributed by atoms with E-state index >= 15 is 0 Å². The number of esters is 2. The van der Waals surface area contributed by atoms with Gasteiger partial charge in [-0.1, -0.05) is 17.7 Å². The minimum Gasteiger partial charge on any atom is -0.465 e. The molecule has 1 rings (SSSR count). The monoisotopic (exact) mass is 413 g/mol. The number of carbonyl (C=O) groups is 3. The summed E-state index contributed by atoms with van der Waals surface area (Å²) in [6.45, 7) is 9.13. The summed E-state index contributed by atoms with van der Waals surface area (Å²) < 4.78 is 37.7. The normalized spacial score (nSPS) is 14.1. The Bertz CT molecular complexity index is 823. The molecule has 0 saturated heterocycles. The van der Waals surface area contributed by atoms with E-state index in [4.69, 9.17) is 9.47 Å². The molecule has 2 atom stereocenters. The van der Waals surface area contributed by atoms with Crippen LogP contribution >= 0.6 is 0 Å². The van der Waals surface area contributed by atoms with Crippen molar-refractivity contribution in [1.29, 1.82) is 0 Å². The molecule has 156 valence electrons. The van der Waals surface area contributed by atoms with Crippen LogP contribution in [-0.4, -0.2) is 44.4 Å². The maximum Gasteiger partial charge on any atom is 0.325 e. The molecule has 0 fully saturated rings. The molecule has 0 amide bonds. The van der Waals surface area contributed by atoms with Crippen molar-refractivity contribution in [2.24, 2.45) is 5.92 Å². The van der Waals surface area contributed by atoms with Gasteiger partial charge in [0.2, 0.25) is 10.0 Å². The third-order valence-electron chi connectivity index (χ3n) is 3.59. The molecule has 2 unspecified atom stereocenters. The number of hydrogen-bond donors (Lipinski definition) is 1. The SMILES string of the molecule is CCOC(=O)C(NS(=O)(=O)c1ccc(C)cc1)C(C(C)=O)C(=O)OC(C)(C)C. The molecule has 0 spiro atoms. The highest BCUT2D eigenvalue weighted by atomic mass is 32.2. The second kappa shape index (κ2) is 9.29. The first-order valence-electron chi connectivity index (χ1n) is 8.77. The Balaban J connectivity index is 3.33. The van der Waals surface area contributed by atoms with Crippen molar-refractivity contribution in [3.8, 4) is 0 Å². The zero-order valence-corrected chi connectivity index (χ0v) is 17.8. The molecule has 1 aromatic rings. The average molecular weight is 413 g/mol. The maximum absolute atomic E-state index is 12.7. The van der Waals surface area contributed by atoms with Crippen LogP contribution in [0.15, 0.2) is 29.2 Å². The second-order valence-electron chi connectivity index (χ2n) is 7.29. The van der Waals surface area contributed by atoms with Gasteiger partial charge in [0.15, 0.2) is 0 Å². The number of nitrogens with one attached hydrogen (secondary N) is 1. The molecule has 0 saturated carbocycles. The van der Waals surface area contributed by atoms with Crippen molar-refractivity contribution in [3.63, 3.8) is 0 Å². The van der Waals surface area contributed by atoms with E-state index in [1.807, 2.05) is 0 Å². The predicted molar refractivity (Wildman–Crippen MR) is 102 cm³/mol. The van der Waals surface area contributed by atoms with Gasteiger partial charge in [-0.05, 0) is 53.7 Å². The highest BCUT2D eigenvalue weighted by Gasteiger charge is 2.43. The molecule has 0 aliphatic heterocycles. The van der Waals surface area contributed by atoms with Crippen LogP contribution in [0.2, 0.25) is 0 Å². The number of sulfonamides is 1. The third-order valence-corrected chi connectivity index (χ3v) is 5.04. The fraction of sp³-hybridized carbons (Fsp3) is 0.526. The molecule has 1 aromatic carbocycles. The standard InChI is InChI=1S/C19H27NO7S/c1-7-26-18(23)16(15(13(3)21)17(22)27-19(4,5)6)20-28(24,25)14-10-8-12(2)9-11-14/h8-11,15-16,20H,7H2,1-6H3. The molecule has 0 aliphatic carbocycles. The number of ketones is 1. The van der Waals surface area contributed by atoms with Gasteiger partial charge in [0.05, 0.1) is 11.5 Å². The van der Waals surface area contributed by atoms with Crippen molar-refractivity contribution in [1.82, 2.24) is 4.72 Å². The number of carbonyl (C=O) groups excluding carboxylic acids is 3. The number of Topliss-reactive ketones (excluding diaryl/α,β-unsaturated/α-hetero) is 1.